The molecule has 62 valence electrons. The molecule has 0 fully saturated rings. The number of aryl methyl sites for hydroxylation is 1. The summed E-state index contributed by atoms with van der Waals surface area (Å²) >= 11 is 0. The van der Waals surface area contributed by atoms with Gasteiger partial charge in [0.15, 0.2) is 0 Å². The molecule has 0 bridgehead atoms. The Morgan fingerprint density at radius 1 is 1.36 bits per heavy atom. The minimum absolute atomic E-state index is 0. The minimum Gasteiger partial charge on any atom is -0.385 e. The first-order chi connectivity index (χ1) is 5.34. The Bertz CT molecular complexity index is 223. The maximum atomic E-state index is 3.36. The van der Waals surface area contributed by atoms with E-state index in [9.17, 15) is 0 Å². The molecular formula is C10H17N. The van der Waals surface area contributed by atoms with Crippen LogP contribution in [0.3, 0.4) is 0 Å². The van der Waals surface area contributed by atoms with Gasteiger partial charge in [-0.05, 0) is 25.0 Å². The molecule has 0 spiro atoms. The second-order valence-electron chi connectivity index (χ2n) is 2.74. The minimum atomic E-state index is 0. The van der Waals surface area contributed by atoms with Gasteiger partial charge in [0, 0.05) is 13.7 Å². The third kappa shape index (κ3) is 2.26. The van der Waals surface area contributed by atoms with Gasteiger partial charge in [0.2, 0.25) is 0 Å². The molecule has 11 heavy (non-hydrogen) atoms. The van der Waals surface area contributed by atoms with Gasteiger partial charge >= 0.3 is 0 Å². The Morgan fingerprint density at radius 3 is 2.73 bits per heavy atom. The Morgan fingerprint density at radius 2 is 2.09 bits per heavy atom. The molecule has 0 saturated heterocycles. The first kappa shape index (κ1) is 8.12. The van der Waals surface area contributed by atoms with E-state index in [1.807, 2.05) is 0 Å². The topological polar surface area (TPSA) is 12.0 Å². The zero-order valence-corrected chi connectivity index (χ0v) is 7.22. The summed E-state index contributed by atoms with van der Waals surface area (Å²) in [5.74, 6) is 0. The van der Waals surface area contributed by atoms with Crippen molar-refractivity contribution in [3.05, 3.63) is 29.8 Å². The number of para-hydroxylation sites is 1. The van der Waals surface area contributed by atoms with Gasteiger partial charge in [-0.25, -0.2) is 0 Å². The fraction of sp³-hybridized carbons (Fsp3) is 0.400. The lowest BCUT2D eigenvalue weighted by molar-refractivity contribution is 0.977. The monoisotopic (exact) mass is 151 g/mol. The molecule has 0 radical (unpaired) electrons. The van der Waals surface area contributed by atoms with Gasteiger partial charge in [-0.3, -0.25) is 0 Å². The first-order valence-corrected chi connectivity index (χ1v) is 4.14. The lowest BCUT2D eigenvalue weighted by atomic mass is 10.2. The van der Waals surface area contributed by atoms with Crippen LogP contribution in [0.15, 0.2) is 24.3 Å². The highest BCUT2D eigenvalue weighted by Gasteiger charge is 1.92. The maximum absolute atomic E-state index is 3.36. The Kier molecular flexibility index (Phi) is 2.96. The van der Waals surface area contributed by atoms with Crippen LogP contribution in [0.1, 0.15) is 20.3 Å². The van der Waals surface area contributed by atoms with Crippen molar-refractivity contribution in [1.82, 2.24) is 0 Å². The van der Waals surface area contributed by atoms with Gasteiger partial charge in [-0.2, -0.15) is 0 Å². The molecule has 1 N–H and O–H groups in total. The largest absolute Gasteiger partial charge is 0.385 e. The standard InChI is InChI=1S/C10H15N.H2/c1-3-8-11-10-7-5-4-6-9(10)2;/h4-7,11H,3,8H2,1-2H3;1H. The van der Waals surface area contributed by atoms with E-state index in [0.29, 0.717) is 0 Å². The van der Waals surface area contributed by atoms with E-state index in [1.54, 1.807) is 0 Å². The highest BCUT2D eigenvalue weighted by molar-refractivity contribution is 5.49. The van der Waals surface area contributed by atoms with Crippen molar-refractivity contribution in [3.8, 4) is 0 Å². The number of anilines is 1. The molecule has 0 aliphatic rings. The van der Waals surface area contributed by atoms with Crippen LogP contribution in [0.4, 0.5) is 5.69 Å². The van der Waals surface area contributed by atoms with E-state index in [1.165, 1.54) is 17.7 Å². The number of rotatable bonds is 3. The van der Waals surface area contributed by atoms with E-state index in [-0.39, 0.29) is 1.43 Å². The predicted molar refractivity (Wildman–Crippen MR) is 52.1 cm³/mol. The van der Waals surface area contributed by atoms with E-state index >= 15 is 0 Å². The molecule has 0 saturated carbocycles. The van der Waals surface area contributed by atoms with Crippen molar-refractivity contribution >= 4 is 5.69 Å². The van der Waals surface area contributed by atoms with E-state index in [0.717, 1.165) is 6.54 Å². The average Bonchev–Trinajstić information content (AvgIpc) is 2.03. The van der Waals surface area contributed by atoms with Crippen LogP contribution < -0.4 is 5.32 Å². The van der Waals surface area contributed by atoms with Crippen molar-refractivity contribution < 1.29 is 1.43 Å². The molecule has 0 unspecified atom stereocenters. The van der Waals surface area contributed by atoms with Crippen LogP contribution in [0.5, 0.6) is 0 Å². The molecule has 0 aromatic heterocycles. The predicted octanol–water partition coefficient (Wildman–Crippen LogP) is 3.06. The van der Waals surface area contributed by atoms with Gasteiger partial charge in [0.25, 0.3) is 0 Å². The second kappa shape index (κ2) is 4.02. The molecular weight excluding hydrogens is 134 g/mol. The van der Waals surface area contributed by atoms with Crippen LogP contribution in [0.2, 0.25) is 0 Å². The van der Waals surface area contributed by atoms with Crippen molar-refractivity contribution in [2.24, 2.45) is 0 Å². The fourth-order valence-electron chi connectivity index (χ4n) is 1.03. The van der Waals surface area contributed by atoms with Crippen LogP contribution in [-0.2, 0) is 0 Å². The molecule has 1 aromatic rings. The van der Waals surface area contributed by atoms with E-state index in [2.05, 4.69) is 43.4 Å². The Labute approximate surface area is 69.9 Å². The van der Waals surface area contributed by atoms with Crippen molar-refractivity contribution in [2.75, 3.05) is 11.9 Å². The van der Waals surface area contributed by atoms with Gasteiger partial charge in [0.1, 0.15) is 0 Å². The zero-order chi connectivity index (χ0) is 8.10. The molecule has 0 atom stereocenters. The molecule has 0 amide bonds. The first-order valence-electron chi connectivity index (χ1n) is 4.14. The Balaban J connectivity index is 0.00000121. The average molecular weight is 151 g/mol. The highest BCUT2D eigenvalue weighted by Crippen LogP contribution is 2.12. The number of hydrogen-bond donors (Lipinski definition) is 1. The quantitative estimate of drug-likeness (QED) is 0.700. The highest BCUT2D eigenvalue weighted by atomic mass is 14.9. The summed E-state index contributed by atoms with van der Waals surface area (Å²) in [6.07, 6.45) is 1.17. The third-order valence-electron chi connectivity index (χ3n) is 1.71. The lowest BCUT2D eigenvalue weighted by Crippen LogP contribution is -2.00. The summed E-state index contributed by atoms with van der Waals surface area (Å²) in [5, 5.41) is 3.36. The number of nitrogens with one attached hydrogen (secondary N) is 1. The molecule has 1 nitrogen and oxygen atoms in total. The fourth-order valence-corrected chi connectivity index (χ4v) is 1.03. The zero-order valence-electron chi connectivity index (χ0n) is 7.22. The van der Waals surface area contributed by atoms with Crippen LogP contribution >= 0.6 is 0 Å². The number of hydrogen-bond acceptors (Lipinski definition) is 1. The van der Waals surface area contributed by atoms with E-state index in [4.69, 9.17) is 0 Å². The summed E-state index contributed by atoms with van der Waals surface area (Å²) in [6, 6.07) is 8.36. The lowest BCUT2D eigenvalue weighted by Gasteiger charge is -2.06. The van der Waals surface area contributed by atoms with E-state index < -0.39 is 0 Å². The van der Waals surface area contributed by atoms with Gasteiger partial charge in [0.05, 0.1) is 0 Å². The molecule has 0 aliphatic carbocycles. The number of benzene rings is 1. The summed E-state index contributed by atoms with van der Waals surface area (Å²) < 4.78 is 0. The van der Waals surface area contributed by atoms with Crippen molar-refractivity contribution in [2.45, 2.75) is 20.3 Å². The summed E-state index contributed by atoms with van der Waals surface area (Å²) in [5.41, 5.74) is 2.58. The van der Waals surface area contributed by atoms with Gasteiger partial charge in [-0.15, -0.1) is 0 Å². The van der Waals surface area contributed by atoms with Gasteiger partial charge in [-0.1, -0.05) is 25.1 Å². The SMILES string of the molecule is CCCNc1ccccc1C.[HH]. The van der Waals surface area contributed by atoms with Crippen LogP contribution in [-0.4, -0.2) is 6.54 Å². The smallest absolute Gasteiger partial charge is 0.0369 e. The van der Waals surface area contributed by atoms with Crippen molar-refractivity contribution in [1.29, 1.82) is 0 Å². The molecule has 1 heteroatoms. The molecule has 0 aliphatic heterocycles. The Hall–Kier alpha value is -0.980. The normalized spacial score (nSPS) is 9.64. The van der Waals surface area contributed by atoms with Crippen LogP contribution in [0.25, 0.3) is 0 Å². The summed E-state index contributed by atoms with van der Waals surface area (Å²) in [6.45, 7) is 5.36. The summed E-state index contributed by atoms with van der Waals surface area (Å²) in [7, 11) is 0. The molecule has 1 aromatic carbocycles. The summed E-state index contributed by atoms with van der Waals surface area (Å²) in [4.78, 5) is 0. The molecule has 0 heterocycles. The van der Waals surface area contributed by atoms with Crippen LogP contribution in [0, 0.1) is 6.92 Å². The third-order valence-corrected chi connectivity index (χ3v) is 1.71. The van der Waals surface area contributed by atoms with Crippen molar-refractivity contribution in [3.63, 3.8) is 0 Å². The maximum Gasteiger partial charge on any atom is 0.0369 e. The second-order valence-corrected chi connectivity index (χ2v) is 2.74. The van der Waals surface area contributed by atoms with Gasteiger partial charge < -0.3 is 5.32 Å². The molecule has 1 rings (SSSR count).